The third-order valence-electron chi connectivity index (χ3n) is 2.82. The van der Waals surface area contributed by atoms with Crippen molar-refractivity contribution in [1.29, 1.82) is 0 Å². The number of alkyl halides is 3. The SMILES string of the molecule is CC(Cn1ccnc1)Nc1ccc(N)c(C(F)(F)F)c1. The summed E-state index contributed by atoms with van der Waals surface area (Å²) in [5, 5.41) is 3.02. The van der Waals surface area contributed by atoms with E-state index < -0.39 is 11.7 Å². The number of halogens is 3. The van der Waals surface area contributed by atoms with E-state index in [2.05, 4.69) is 10.3 Å². The molecule has 0 aliphatic heterocycles. The Hall–Kier alpha value is -2.18. The first kappa shape index (κ1) is 14.2. The third kappa shape index (κ3) is 3.43. The first-order valence-electron chi connectivity index (χ1n) is 6.05. The second-order valence-electron chi connectivity index (χ2n) is 4.60. The van der Waals surface area contributed by atoms with Crippen LogP contribution in [0.3, 0.4) is 0 Å². The van der Waals surface area contributed by atoms with E-state index in [1.165, 1.54) is 12.1 Å². The zero-order valence-corrected chi connectivity index (χ0v) is 10.9. The molecular formula is C13H15F3N4. The number of benzene rings is 1. The van der Waals surface area contributed by atoms with Gasteiger partial charge in [-0.15, -0.1) is 0 Å². The van der Waals surface area contributed by atoms with Crippen LogP contribution in [0.5, 0.6) is 0 Å². The van der Waals surface area contributed by atoms with Crippen molar-refractivity contribution in [2.24, 2.45) is 0 Å². The minimum atomic E-state index is -4.45. The molecule has 0 amide bonds. The molecule has 1 heterocycles. The monoisotopic (exact) mass is 284 g/mol. The minimum Gasteiger partial charge on any atom is -0.398 e. The lowest BCUT2D eigenvalue weighted by atomic mass is 10.1. The van der Waals surface area contributed by atoms with Crippen LogP contribution < -0.4 is 11.1 Å². The van der Waals surface area contributed by atoms with Crippen molar-refractivity contribution >= 4 is 11.4 Å². The molecule has 0 saturated heterocycles. The summed E-state index contributed by atoms with van der Waals surface area (Å²) in [6.07, 6.45) is 0.650. The van der Waals surface area contributed by atoms with Gasteiger partial charge < -0.3 is 15.6 Å². The molecule has 0 fully saturated rings. The molecule has 0 aliphatic rings. The minimum absolute atomic E-state index is 0.0473. The van der Waals surface area contributed by atoms with Crippen molar-refractivity contribution in [1.82, 2.24) is 9.55 Å². The van der Waals surface area contributed by atoms with E-state index in [0.29, 0.717) is 12.2 Å². The Morgan fingerprint density at radius 1 is 1.40 bits per heavy atom. The fourth-order valence-electron chi connectivity index (χ4n) is 1.93. The Morgan fingerprint density at radius 2 is 2.15 bits per heavy atom. The van der Waals surface area contributed by atoms with Crippen LogP contribution in [0.1, 0.15) is 12.5 Å². The molecule has 2 aromatic rings. The fraction of sp³-hybridized carbons (Fsp3) is 0.308. The van der Waals surface area contributed by atoms with Gasteiger partial charge in [0, 0.05) is 36.4 Å². The smallest absolute Gasteiger partial charge is 0.398 e. The summed E-state index contributed by atoms with van der Waals surface area (Å²) >= 11 is 0. The largest absolute Gasteiger partial charge is 0.418 e. The standard InChI is InChI=1S/C13H15F3N4/c1-9(7-20-5-4-18-8-20)19-10-2-3-12(17)11(6-10)13(14,15)16/h2-6,8-9,19H,7,17H2,1H3. The summed E-state index contributed by atoms with van der Waals surface area (Å²) in [5.41, 5.74) is 4.65. The number of nitrogens with two attached hydrogens (primary N) is 1. The van der Waals surface area contributed by atoms with Gasteiger partial charge in [0.1, 0.15) is 0 Å². The van der Waals surface area contributed by atoms with Gasteiger partial charge in [0.25, 0.3) is 0 Å². The Morgan fingerprint density at radius 3 is 2.75 bits per heavy atom. The highest BCUT2D eigenvalue weighted by molar-refractivity contribution is 5.58. The number of nitrogens with zero attached hydrogens (tertiary/aromatic N) is 2. The molecule has 20 heavy (non-hydrogen) atoms. The Labute approximate surface area is 114 Å². The van der Waals surface area contributed by atoms with Crippen LogP contribution in [0.2, 0.25) is 0 Å². The van der Waals surface area contributed by atoms with Gasteiger partial charge in [-0.05, 0) is 25.1 Å². The number of hydrogen-bond donors (Lipinski definition) is 2. The van der Waals surface area contributed by atoms with Gasteiger partial charge in [0.05, 0.1) is 11.9 Å². The Balaban J connectivity index is 2.10. The molecular weight excluding hydrogens is 269 g/mol. The van der Waals surface area contributed by atoms with Crippen LogP contribution >= 0.6 is 0 Å². The highest BCUT2D eigenvalue weighted by atomic mass is 19.4. The first-order valence-corrected chi connectivity index (χ1v) is 6.05. The second kappa shape index (κ2) is 5.44. The van der Waals surface area contributed by atoms with Gasteiger partial charge in [0.15, 0.2) is 0 Å². The summed E-state index contributed by atoms with van der Waals surface area (Å²) in [7, 11) is 0. The molecule has 2 rings (SSSR count). The molecule has 108 valence electrons. The third-order valence-corrected chi connectivity index (χ3v) is 2.82. The van der Waals surface area contributed by atoms with Crippen molar-refractivity contribution in [2.75, 3.05) is 11.1 Å². The summed E-state index contributed by atoms with van der Waals surface area (Å²) in [4.78, 5) is 3.91. The summed E-state index contributed by atoms with van der Waals surface area (Å²) in [5.74, 6) is 0. The van der Waals surface area contributed by atoms with Gasteiger partial charge in [-0.2, -0.15) is 13.2 Å². The molecule has 1 atom stereocenters. The van der Waals surface area contributed by atoms with E-state index in [4.69, 9.17) is 5.73 Å². The molecule has 4 nitrogen and oxygen atoms in total. The van der Waals surface area contributed by atoms with E-state index in [1.807, 2.05) is 11.5 Å². The van der Waals surface area contributed by atoms with E-state index in [-0.39, 0.29) is 11.7 Å². The van der Waals surface area contributed by atoms with Crippen LogP contribution in [-0.4, -0.2) is 15.6 Å². The van der Waals surface area contributed by atoms with Crippen molar-refractivity contribution in [2.45, 2.75) is 25.7 Å². The van der Waals surface area contributed by atoms with E-state index in [1.54, 1.807) is 18.7 Å². The number of aromatic nitrogens is 2. The number of imidazole rings is 1. The van der Waals surface area contributed by atoms with E-state index in [9.17, 15) is 13.2 Å². The summed E-state index contributed by atoms with van der Waals surface area (Å²) in [6, 6.07) is 3.78. The number of hydrogen-bond acceptors (Lipinski definition) is 3. The van der Waals surface area contributed by atoms with Crippen molar-refractivity contribution < 1.29 is 13.2 Å². The van der Waals surface area contributed by atoms with Gasteiger partial charge in [-0.1, -0.05) is 0 Å². The predicted octanol–water partition coefficient (Wildman–Crippen LogP) is 2.98. The lowest BCUT2D eigenvalue weighted by Crippen LogP contribution is -2.21. The Kier molecular flexibility index (Phi) is 3.87. The topological polar surface area (TPSA) is 55.9 Å². The maximum absolute atomic E-state index is 12.8. The normalized spacial score (nSPS) is 13.2. The highest BCUT2D eigenvalue weighted by Crippen LogP contribution is 2.35. The van der Waals surface area contributed by atoms with Crippen LogP contribution in [0.15, 0.2) is 36.9 Å². The molecule has 1 unspecified atom stereocenters. The molecule has 0 bridgehead atoms. The predicted molar refractivity (Wildman–Crippen MR) is 71.2 cm³/mol. The molecule has 0 radical (unpaired) electrons. The zero-order valence-electron chi connectivity index (χ0n) is 10.9. The molecule has 0 spiro atoms. The number of nitrogen functional groups attached to an aromatic ring is 1. The molecule has 0 aliphatic carbocycles. The van der Waals surface area contributed by atoms with E-state index >= 15 is 0 Å². The van der Waals surface area contributed by atoms with Crippen LogP contribution in [0.25, 0.3) is 0 Å². The van der Waals surface area contributed by atoms with Gasteiger partial charge >= 0.3 is 6.18 Å². The average Bonchev–Trinajstić information content (AvgIpc) is 2.83. The van der Waals surface area contributed by atoms with Gasteiger partial charge in [-0.25, -0.2) is 4.98 Å². The molecule has 0 saturated carbocycles. The number of rotatable bonds is 4. The quantitative estimate of drug-likeness (QED) is 0.849. The molecule has 1 aromatic carbocycles. The van der Waals surface area contributed by atoms with E-state index in [0.717, 1.165) is 6.07 Å². The maximum Gasteiger partial charge on any atom is 0.418 e. The van der Waals surface area contributed by atoms with Crippen molar-refractivity contribution in [3.05, 3.63) is 42.5 Å². The zero-order chi connectivity index (χ0) is 14.8. The van der Waals surface area contributed by atoms with Crippen LogP contribution in [0.4, 0.5) is 24.5 Å². The second-order valence-corrected chi connectivity index (χ2v) is 4.60. The lowest BCUT2D eigenvalue weighted by molar-refractivity contribution is -0.136. The van der Waals surface area contributed by atoms with Crippen molar-refractivity contribution in [3.63, 3.8) is 0 Å². The average molecular weight is 284 g/mol. The van der Waals surface area contributed by atoms with Gasteiger partial charge in [-0.3, -0.25) is 0 Å². The number of anilines is 2. The summed E-state index contributed by atoms with van der Waals surface area (Å²) < 4.78 is 40.1. The summed E-state index contributed by atoms with van der Waals surface area (Å²) in [6.45, 7) is 2.48. The molecule has 1 aromatic heterocycles. The van der Waals surface area contributed by atoms with Crippen molar-refractivity contribution in [3.8, 4) is 0 Å². The first-order chi connectivity index (χ1) is 9.36. The maximum atomic E-state index is 12.8. The molecule has 3 N–H and O–H groups in total. The van der Waals surface area contributed by atoms with Crippen LogP contribution in [-0.2, 0) is 12.7 Å². The Bertz CT molecular complexity index is 563. The number of nitrogens with one attached hydrogen (secondary N) is 1. The molecule has 7 heteroatoms. The fourth-order valence-corrected chi connectivity index (χ4v) is 1.93. The lowest BCUT2D eigenvalue weighted by Gasteiger charge is -2.18. The van der Waals surface area contributed by atoms with Crippen LogP contribution in [0, 0.1) is 0 Å². The highest BCUT2D eigenvalue weighted by Gasteiger charge is 2.33. The van der Waals surface area contributed by atoms with Gasteiger partial charge in [0.2, 0.25) is 0 Å².